The van der Waals surface area contributed by atoms with Crippen molar-refractivity contribution >= 4 is 52.6 Å². The van der Waals surface area contributed by atoms with Gasteiger partial charge in [-0.15, -0.1) is 0 Å². The molecule has 0 atom stereocenters. The fourth-order valence-corrected chi connectivity index (χ4v) is 2.07. The number of carbonyl (C=O) groups is 1. The van der Waals surface area contributed by atoms with Crippen LogP contribution in [0.5, 0.6) is 0 Å². The Morgan fingerprint density at radius 1 is 1.27 bits per heavy atom. The number of anilines is 1. The Morgan fingerprint density at radius 3 is 2.64 bits per heavy atom. The lowest BCUT2D eigenvalue weighted by Gasteiger charge is -2.07. The van der Waals surface area contributed by atoms with Crippen molar-refractivity contribution in [3.8, 4) is 0 Å². The molecule has 1 amide bonds. The van der Waals surface area contributed by atoms with Crippen LogP contribution >= 0.6 is 34.8 Å². The summed E-state index contributed by atoms with van der Waals surface area (Å²) in [5.74, 6) is -1.24. The van der Waals surface area contributed by atoms with Gasteiger partial charge in [-0.25, -0.2) is 14.8 Å². The van der Waals surface area contributed by atoms with E-state index in [2.05, 4.69) is 15.5 Å². The van der Waals surface area contributed by atoms with E-state index in [0.29, 0.717) is 0 Å². The highest BCUT2D eigenvalue weighted by atomic mass is 35.5. The molecule has 0 bridgehead atoms. The number of carbonyl (C=O) groups excluding carboxylic acids is 1. The maximum Gasteiger partial charge on any atom is 0.291 e. The highest BCUT2D eigenvalue weighted by Gasteiger charge is 2.19. The molecule has 1 heterocycles. The summed E-state index contributed by atoms with van der Waals surface area (Å²) >= 11 is 17.4. The van der Waals surface area contributed by atoms with E-state index in [-0.39, 0.29) is 32.1 Å². The molecule has 0 spiro atoms. The van der Waals surface area contributed by atoms with Gasteiger partial charge in [0.15, 0.2) is 10.8 Å². The number of aromatic nitrogens is 1. The van der Waals surface area contributed by atoms with Gasteiger partial charge in [0, 0.05) is 5.56 Å². The third kappa shape index (κ3) is 3.47. The maximum absolute atomic E-state index is 13.4. The highest BCUT2D eigenvalue weighted by Crippen LogP contribution is 2.34. The average Bonchev–Trinajstić information content (AvgIpc) is 2.50. The zero-order valence-electron chi connectivity index (χ0n) is 10.8. The van der Waals surface area contributed by atoms with Crippen LogP contribution in [0, 0.1) is 5.82 Å². The van der Waals surface area contributed by atoms with Gasteiger partial charge in [0.1, 0.15) is 10.8 Å². The first-order chi connectivity index (χ1) is 10.4. The quantitative estimate of drug-likeness (QED) is 0.498. The van der Waals surface area contributed by atoms with E-state index >= 15 is 0 Å². The second-order valence-electron chi connectivity index (χ2n) is 4.01. The number of nitrogen functional groups attached to an aromatic ring is 1. The monoisotopic (exact) mass is 360 g/mol. The summed E-state index contributed by atoms with van der Waals surface area (Å²) in [7, 11) is 0. The number of nitrogens with zero attached hydrogens (tertiary/aromatic N) is 2. The largest absolute Gasteiger partial charge is 0.396 e. The second kappa shape index (κ2) is 6.91. The van der Waals surface area contributed by atoms with Crippen LogP contribution in [-0.2, 0) is 0 Å². The molecule has 0 aliphatic rings. The van der Waals surface area contributed by atoms with E-state index in [4.69, 9.17) is 40.5 Å². The van der Waals surface area contributed by atoms with Gasteiger partial charge in [-0.3, -0.25) is 4.79 Å². The fourth-order valence-electron chi connectivity index (χ4n) is 1.47. The lowest BCUT2D eigenvalue weighted by molar-refractivity contribution is 0.0950. The third-order valence-corrected chi connectivity index (χ3v) is 3.70. The Bertz CT molecular complexity index is 767. The molecule has 114 valence electrons. The molecule has 0 radical (unpaired) electrons. The number of pyridine rings is 1. The Labute approximate surface area is 139 Å². The van der Waals surface area contributed by atoms with Crippen molar-refractivity contribution < 1.29 is 9.18 Å². The summed E-state index contributed by atoms with van der Waals surface area (Å²) in [6, 6.07) is 5.92. The first-order valence-corrected chi connectivity index (χ1v) is 6.93. The molecule has 1 aromatic heterocycles. The zero-order valence-corrected chi connectivity index (χ0v) is 13.0. The predicted molar refractivity (Wildman–Crippen MR) is 85.1 cm³/mol. The van der Waals surface area contributed by atoms with E-state index in [0.717, 1.165) is 6.21 Å². The molecule has 2 aromatic rings. The SMILES string of the molecule is Nc1c(Cl)c(Cl)nc(C(=O)NN=Cc2ccccc2F)c1Cl. The molecular weight excluding hydrogens is 354 g/mol. The Hall–Kier alpha value is -1.89. The van der Waals surface area contributed by atoms with Crippen molar-refractivity contribution in [1.29, 1.82) is 0 Å². The summed E-state index contributed by atoms with van der Waals surface area (Å²) in [6.07, 6.45) is 1.14. The number of rotatable bonds is 3. The van der Waals surface area contributed by atoms with Crippen LogP contribution < -0.4 is 11.2 Å². The maximum atomic E-state index is 13.4. The number of hydrogen-bond donors (Lipinski definition) is 2. The van der Waals surface area contributed by atoms with Crippen molar-refractivity contribution in [2.45, 2.75) is 0 Å². The van der Waals surface area contributed by atoms with E-state index in [1.807, 2.05) is 0 Å². The molecule has 1 aromatic carbocycles. The number of amides is 1. The van der Waals surface area contributed by atoms with Gasteiger partial charge in [0.25, 0.3) is 5.91 Å². The Balaban J connectivity index is 2.19. The van der Waals surface area contributed by atoms with Crippen LogP contribution in [0.3, 0.4) is 0 Å². The molecule has 3 N–H and O–H groups in total. The molecule has 0 aliphatic heterocycles. The summed E-state index contributed by atoms with van der Waals surface area (Å²) in [5.41, 5.74) is 7.66. The van der Waals surface area contributed by atoms with Gasteiger partial charge in [-0.2, -0.15) is 5.10 Å². The van der Waals surface area contributed by atoms with E-state index < -0.39 is 11.7 Å². The van der Waals surface area contributed by atoms with Crippen molar-refractivity contribution in [3.63, 3.8) is 0 Å². The van der Waals surface area contributed by atoms with Gasteiger partial charge in [-0.05, 0) is 6.07 Å². The summed E-state index contributed by atoms with van der Waals surface area (Å²) in [6.45, 7) is 0. The van der Waals surface area contributed by atoms with Crippen LogP contribution in [0.1, 0.15) is 16.1 Å². The van der Waals surface area contributed by atoms with Crippen LogP contribution in [-0.4, -0.2) is 17.1 Å². The standard InChI is InChI=1S/C13H8Cl3FN4O/c14-8-10(18)9(15)12(16)20-11(8)13(22)21-19-5-6-3-1-2-4-7(6)17/h1-5H,(H2,18,20)(H,21,22). The molecule has 0 unspecified atom stereocenters. The molecule has 22 heavy (non-hydrogen) atoms. The van der Waals surface area contributed by atoms with E-state index in [1.54, 1.807) is 6.07 Å². The van der Waals surface area contributed by atoms with Crippen LogP contribution in [0.15, 0.2) is 29.4 Å². The van der Waals surface area contributed by atoms with Crippen molar-refractivity contribution in [1.82, 2.24) is 10.4 Å². The minimum atomic E-state index is -0.761. The molecule has 0 fully saturated rings. The number of hydrogen-bond acceptors (Lipinski definition) is 4. The van der Waals surface area contributed by atoms with Gasteiger partial charge < -0.3 is 5.73 Å². The lowest BCUT2D eigenvalue weighted by atomic mass is 10.2. The van der Waals surface area contributed by atoms with E-state index in [1.165, 1.54) is 18.2 Å². The number of nitrogens with one attached hydrogen (secondary N) is 1. The fraction of sp³-hybridized carbons (Fsp3) is 0. The van der Waals surface area contributed by atoms with Gasteiger partial charge in [-0.1, -0.05) is 53.0 Å². The van der Waals surface area contributed by atoms with Crippen molar-refractivity contribution in [3.05, 3.63) is 56.5 Å². The van der Waals surface area contributed by atoms with Crippen LogP contribution in [0.4, 0.5) is 10.1 Å². The molecule has 5 nitrogen and oxygen atoms in total. The van der Waals surface area contributed by atoms with Crippen LogP contribution in [0.2, 0.25) is 15.2 Å². The summed E-state index contributed by atoms with van der Waals surface area (Å²) < 4.78 is 13.4. The number of benzene rings is 1. The number of halogens is 4. The molecule has 0 saturated heterocycles. The minimum absolute atomic E-state index is 0.0434. The first-order valence-electron chi connectivity index (χ1n) is 5.79. The number of nitrogens with two attached hydrogens (primary N) is 1. The Kier molecular flexibility index (Phi) is 5.18. The first kappa shape index (κ1) is 16.5. The molecule has 0 aliphatic carbocycles. The van der Waals surface area contributed by atoms with E-state index in [9.17, 15) is 9.18 Å². The molecule has 9 heteroatoms. The van der Waals surface area contributed by atoms with Gasteiger partial charge in [0.2, 0.25) is 0 Å². The third-order valence-electron chi connectivity index (χ3n) is 2.56. The zero-order chi connectivity index (χ0) is 16.3. The minimum Gasteiger partial charge on any atom is -0.396 e. The van der Waals surface area contributed by atoms with Gasteiger partial charge in [0.05, 0.1) is 16.9 Å². The molecular formula is C13H8Cl3FN4O. The van der Waals surface area contributed by atoms with Crippen LogP contribution in [0.25, 0.3) is 0 Å². The lowest BCUT2D eigenvalue weighted by Crippen LogP contribution is -2.20. The average molecular weight is 362 g/mol. The predicted octanol–water partition coefficient (Wildman–Crippen LogP) is 3.53. The normalized spacial score (nSPS) is 10.9. The summed E-state index contributed by atoms with van der Waals surface area (Å²) in [5, 5.41) is 3.27. The van der Waals surface area contributed by atoms with Gasteiger partial charge >= 0.3 is 0 Å². The Morgan fingerprint density at radius 2 is 1.95 bits per heavy atom. The van der Waals surface area contributed by atoms with Crippen molar-refractivity contribution in [2.75, 3.05) is 5.73 Å². The highest BCUT2D eigenvalue weighted by molar-refractivity contribution is 6.46. The second-order valence-corrected chi connectivity index (χ2v) is 5.13. The number of hydrazone groups is 1. The molecule has 2 rings (SSSR count). The van der Waals surface area contributed by atoms with Crippen molar-refractivity contribution in [2.24, 2.45) is 5.10 Å². The molecule has 0 saturated carbocycles. The smallest absolute Gasteiger partial charge is 0.291 e. The summed E-state index contributed by atoms with van der Waals surface area (Å²) in [4.78, 5) is 15.7. The topological polar surface area (TPSA) is 80.4 Å².